The first-order valence-corrected chi connectivity index (χ1v) is 12.1. The van der Waals surface area contributed by atoms with Crippen LogP contribution in [0.3, 0.4) is 0 Å². The third kappa shape index (κ3) is 4.13. The molecular formula is C19H22ClF2N7S2. The average molecular weight is 486 g/mol. The zero-order chi connectivity index (χ0) is 21.6. The van der Waals surface area contributed by atoms with E-state index in [1.807, 2.05) is 10.6 Å². The lowest BCUT2D eigenvalue weighted by atomic mass is 10.2. The molecule has 1 aliphatic carbocycles. The van der Waals surface area contributed by atoms with E-state index in [4.69, 9.17) is 11.6 Å². The Kier molecular flexibility index (Phi) is 5.80. The predicted octanol–water partition coefficient (Wildman–Crippen LogP) is 3.83. The molecule has 1 N–H and O–H groups in total. The largest absolute Gasteiger partial charge is 0.367 e. The summed E-state index contributed by atoms with van der Waals surface area (Å²) >= 11 is 9.18. The fraction of sp³-hybridized carbons (Fsp3) is 0.526. The van der Waals surface area contributed by atoms with Gasteiger partial charge in [-0.25, -0.2) is 13.8 Å². The summed E-state index contributed by atoms with van der Waals surface area (Å²) in [4.78, 5) is 10.1. The van der Waals surface area contributed by atoms with Crippen molar-refractivity contribution in [3.8, 4) is 10.8 Å². The lowest BCUT2D eigenvalue weighted by Crippen LogP contribution is -2.44. The Morgan fingerprint density at radius 1 is 1.23 bits per heavy atom. The number of pyridine rings is 1. The molecule has 12 heteroatoms. The van der Waals surface area contributed by atoms with Crippen LogP contribution in [-0.2, 0) is 6.67 Å². The van der Waals surface area contributed by atoms with Gasteiger partial charge in [-0.2, -0.15) is 0 Å². The van der Waals surface area contributed by atoms with E-state index < -0.39 is 12.2 Å². The normalized spacial score (nSPS) is 18.8. The van der Waals surface area contributed by atoms with Crippen molar-refractivity contribution in [2.45, 2.75) is 30.0 Å². The van der Waals surface area contributed by atoms with Crippen LogP contribution in [0.1, 0.15) is 17.8 Å². The van der Waals surface area contributed by atoms with Crippen LogP contribution in [0.25, 0.3) is 16.3 Å². The van der Waals surface area contributed by atoms with Gasteiger partial charge in [-0.3, -0.25) is 9.12 Å². The molecule has 4 heterocycles. The van der Waals surface area contributed by atoms with Gasteiger partial charge in [0.25, 0.3) is 0 Å². The van der Waals surface area contributed by atoms with Crippen LogP contribution in [0.15, 0.2) is 17.2 Å². The van der Waals surface area contributed by atoms with Crippen LogP contribution in [0, 0.1) is 0 Å². The number of piperazine rings is 1. The molecule has 3 aromatic rings. The summed E-state index contributed by atoms with van der Waals surface area (Å²) in [7, 11) is 2.11. The zero-order valence-corrected chi connectivity index (χ0v) is 19.3. The van der Waals surface area contributed by atoms with Crippen molar-refractivity contribution in [2.24, 2.45) is 0 Å². The quantitative estimate of drug-likeness (QED) is 0.510. The van der Waals surface area contributed by atoms with Gasteiger partial charge in [0.05, 0.1) is 11.2 Å². The minimum Gasteiger partial charge on any atom is -0.367 e. The first-order chi connectivity index (χ1) is 15.0. The second kappa shape index (κ2) is 8.43. The van der Waals surface area contributed by atoms with E-state index in [1.165, 1.54) is 11.9 Å². The number of nitrogens with zero attached hydrogens (tertiary/aromatic N) is 6. The monoisotopic (exact) mass is 485 g/mol. The van der Waals surface area contributed by atoms with Crippen LogP contribution < -0.4 is 9.62 Å². The van der Waals surface area contributed by atoms with Crippen molar-refractivity contribution in [3.63, 3.8) is 0 Å². The highest BCUT2D eigenvalue weighted by Gasteiger charge is 2.43. The highest BCUT2D eigenvalue weighted by Crippen LogP contribution is 2.41. The Labute approximate surface area is 191 Å². The maximum Gasteiger partial charge on any atom is 0.184 e. The van der Waals surface area contributed by atoms with Gasteiger partial charge in [0.1, 0.15) is 23.9 Å². The van der Waals surface area contributed by atoms with Crippen LogP contribution in [0.5, 0.6) is 0 Å². The molecule has 3 aromatic heterocycles. The number of hydrogen-bond donors (Lipinski definition) is 1. The Balaban J connectivity index is 1.59. The van der Waals surface area contributed by atoms with E-state index in [1.54, 1.807) is 0 Å². The minimum atomic E-state index is -0.669. The summed E-state index contributed by atoms with van der Waals surface area (Å²) in [6.45, 7) is 2.57. The van der Waals surface area contributed by atoms with Gasteiger partial charge in [-0.1, -0.05) is 22.9 Å². The third-order valence-corrected chi connectivity index (χ3v) is 7.90. The average Bonchev–Trinajstić information content (AvgIpc) is 3.28. The number of aromatic nitrogens is 4. The van der Waals surface area contributed by atoms with Gasteiger partial charge in [-0.05, 0) is 37.9 Å². The molecule has 0 radical (unpaired) electrons. The number of imidazole rings is 1. The maximum absolute atomic E-state index is 13.4. The smallest absolute Gasteiger partial charge is 0.184 e. The number of hydrogen-bond acceptors (Lipinski definition) is 8. The Hall–Kier alpha value is -1.53. The fourth-order valence-corrected chi connectivity index (χ4v) is 5.47. The van der Waals surface area contributed by atoms with Gasteiger partial charge in [0.2, 0.25) is 0 Å². The molecule has 2 fully saturated rings. The van der Waals surface area contributed by atoms with Crippen LogP contribution in [0.4, 0.5) is 14.5 Å². The number of rotatable bonds is 7. The lowest BCUT2D eigenvalue weighted by Gasteiger charge is -2.34. The second-order valence-electron chi connectivity index (χ2n) is 8.05. The number of fused-ring (bicyclic) bond motifs is 1. The van der Waals surface area contributed by atoms with Crippen molar-refractivity contribution in [3.05, 3.63) is 22.4 Å². The predicted molar refractivity (Wildman–Crippen MR) is 121 cm³/mol. The fourth-order valence-electron chi connectivity index (χ4n) is 3.60. The van der Waals surface area contributed by atoms with Crippen LogP contribution in [-0.4, -0.2) is 69.9 Å². The lowest BCUT2D eigenvalue weighted by molar-refractivity contribution is 0.313. The highest BCUT2D eigenvalue weighted by atomic mass is 35.5. The van der Waals surface area contributed by atoms with Crippen molar-refractivity contribution in [1.82, 2.24) is 29.2 Å². The molecule has 0 atom stereocenters. The first kappa shape index (κ1) is 21.3. The summed E-state index contributed by atoms with van der Waals surface area (Å²) in [5.41, 5.74) is 1.34. The first-order valence-electron chi connectivity index (χ1n) is 10.1. The van der Waals surface area contributed by atoms with E-state index in [2.05, 4.69) is 42.8 Å². The molecule has 0 amide bonds. The van der Waals surface area contributed by atoms with E-state index in [0.29, 0.717) is 21.0 Å². The summed E-state index contributed by atoms with van der Waals surface area (Å²) in [6.07, 6.45) is 3.59. The third-order valence-electron chi connectivity index (χ3n) is 5.76. The Morgan fingerprint density at radius 3 is 2.65 bits per heavy atom. The second-order valence-corrected chi connectivity index (χ2v) is 10.3. The van der Waals surface area contributed by atoms with Crippen LogP contribution >= 0.6 is 34.9 Å². The summed E-state index contributed by atoms with van der Waals surface area (Å²) in [6, 6.07) is 2.08. The zero-order valence-electron chi connectivity index (χ0n) is 16.9. The summed E-state index contributed by atoms with van der Waals surface area (Å²) in [5.74, 6) is 0.529. The van der Waals surface area contributed by atoms with Gasteiger partial charge < -0.3 is 9.80 Å². The molecular weight excluding hydrogens is 464 g/mol. The minimum absolute atomic E-state index is 0.299. The number of anilines is 1. The molecule has 0 aromatic carbocycles. The number of alkyl halides is 2. The van der Waals surface area contributed by atoms with Crippen LogP contribution in [0.2, 0.25) is 5.15 Å². The van der Waals surface area contributed by atoms with Crippen molar-refractivity contribution >= 4 is 46.1 Å². The van der Waals surface area contributed by atoms with Crippen molar-refractivity contribution in [2.75, 3.05) is 44.8 Å². The summed E-state index contributed by atoms with van der Waals surface area (Å²) < 4.78 is 31.6. The van der Waals surface area contributed by atoms with Gasteiger partial charge in [-0.15, -0.1) is 10.2 Å². The SMILES string of the molecule is CN1CCN(c2cc(SNC3(CF)CC3)cn3c(-c4nnc(CF)s4)nc(Cl)c23)CC1. The molecule has 1 aliphatic heterocycles. The van der Waals surface area contributed by atoms with E-state index in [9.17, 15) is 8.78 Å². The molecule has 31 heavy (non-hydrogen) atoms. The van der Waals surface area contributed by atoms with Gasteiger partial charge in [0.15, 0.2) is 16.0 Å². The molecule has 7 nitrogen and oxygen atoms in total. The number of likely N-dealkylation sites (N-methyl/N-ethyl adjacent to an activating group) is 1. The number of halogens is 3. The molecule has 0 unspecified atom stereocenters. The van der Waals surface area contributed by atoms with E-state index in [0.717, 1.165) is 66.5 Å². The Bertz CT molecular complexity index is 1090. The number of nitrogens with one attached hydrogen (secondary N) is 1. The van der Waals surface area contributed by atoms with E-state index in [-0.39, 0.29) is 6.67 Å². The molecule has 2 aliphatic rings. The van der Waals surface area contributed by atoms with Crippen molar-refractivity contribution < 1.29 is 8.78 Å². The Morgan fingerprint density at radius 2 is 2.00 bits per heavy atom. The molecule has 1 saturated carbocycles. The standard InChI is InChI=1S/C19H22ClF2N7S2/c1-27-4-6-28(7-5-27)13-8-12(31-26-19(11-22)2-3-19)10-29-15(13)16(20)23-17(29)18-25-24-14(9-21)30-18/h8,10,26H,2-7,9,11H2,1H3. The van der Waals surface area contributed by atoms with E-state index >= 15 is 0 Å². The van der Waals surface area contributed by atoms with Gasteiger partial charge in [0, 0.05) is 37.3 Å². The molecule has 1 saturated heterocycles. The van der Waals surface area contributed by atoms with Crippen molar-refractivity contribution in [1.29, 1.82) is 0 Å². The topological polar surface area (TPSA) is 61.6 Å². The molecule has 166 valence electrons. The maximum atomic E-state index is 13.4. The van der Waals surface area contributed by atoms with Gasteiger partial charge >= 0.3 is 0 Å². The molecule has 0 bridgehead atoms. The molecule has 5 rings (SSSR count). The highest BCUT2D eigenvalue weighted by molar-refractivity contribution is 7.97. The summed E-state index contributed by atoms with van der Waals surface area (Å²) in [5, 5.41) is 9.16. The molecule has 0 spiro atoms.